The highest BCUT2D eigenvalue weighted by Gasteiger charge is 2.11. The molecule has 1 N–H and O–H groups in total. The van der Waals surface area contributed by atoms with Gasteiger partial charge in [-0.3, -0.25) is 0 Å². The molecular weight excluding hydrogens is 234 g/mol. The number of hydrogen-bond donors (Lipinski definition) is 1. The summed E-state index contributed by atoms with van der Waals surface area (Å²) in [5.41, 5.74) is 2.28. The summed E-state index contributed by atoms with van der Waals surface area (Å²) in [6.45, 7) is 4.20. The first-order chi connectivity index (χ1) is 8.20. The lowest BCUT2D eigenvalue weighted by Gasteiger charge is -2.06. The van der Waals surface area contributed by atoms with Crippen LogP contribution in [0.1, 0.15) is 24.8 Å². The van der Waals surface area contributed by atoms with E-state index in [4.69, 9.17) is 4.52 Å². The minimum absolute atomic E-state index is 0.466. The highest BCUT2D eigenvalue weighted by molar-refractivity contribution is 7.08. The lowest BCUT2D eigenvalue weighted by molar-refractivity contribution is 0.369. The Morgan fingerprint density at radius 3 is 2.94 bits per heavy atom. The van der Waals surface area contributed by atoms with Crippen LogP contribution in [0.3, 0.4) is 0 Å². The molecule has 0 aliphatic heterocycles. The zero-order valence-corrected chi connectivity index (χ0v) is 11.2. The van der Waals surface area contributed by atoms with E-state index in [0.717, 1.165) is 18.4 Å². The molecule has 0 aliphatic rings. The van der Waals surface area contributed by atoms with E-state index in [-0.39, 0.29) is 0 Å². The number of nitrogens with one attached hydrogen (secondary N) is 1. The number of hydrogen-bond acceptors (Lipinski definition) is 5. The maximum absolute atomic E-state index is 5.25. The Kier molecular flexibility index (Phi) is 3.91. The maximum atomic E-state index is 5.25. The molecule has 4 nitrogen and oxygen atoms in total. The van der Waals surface area contributed by atoms with Crippen LogP contribution in [-0.4, -0.2) is 23.2 Å². The zero-order valence-electron chi connectivity index (χ0n) is 10.4. The average Bonchev–Trinajstić information content (AvgIpc) is 2.94. The topological polar surface area (TPSA) is 51.0 Å². The van der Waals surface area contributed by atoms with Gasteiger partial charge >= 0.3 is 0 Å². The van der Waals surface area contributed by atoms with Gasteiger partial charge in [0.1, 0.15) is 0 Å². The van der Waals surface area contributed by atoms with Gasteiger partial charge in [0.2, 0.25) is 11.7 Å². The monoisotopic (exact) mass is 251 g/mol. The van der Waals surface area contributed by atoms with Crippen LogP contribution in [0.25, 0.3) is 11.4 Å². The summed E-state index contributed by atoms with van der Waals surface area (Å²) in [6, 6.07) is 0.466. The molecule has 1 atom stereocenters. The number of nitrogens with zero attached hydrogens (tertiary/aromatic N) is 2. The van der Waals surface area contributed by atoms with Gasteiger partial charge < -0.3 is 9.84 Å². The molecule has 0 radical (unpaired) electrons. The van der Waals surface area contributed by atoms with E-state index in [0.29, 0.717) is 17.8 Å². The van der Waals surface area contributed by atoms with Crippen molar-refractivity contribution in [1.29, 1.82) is 0 Å². The van der Waals surface area contributed by atoms with Crippen molar-refractivity contribution in [2.24, 2.45) is 0 Å². The van der Waals surface area contributed by atoms with Gasteiger partial charge in [0.05, 0.1) is 0 Å². The molecule has 2 aromatic heterocycles. The maximum Gasteiger partial charge on any atom is 0.227 e. The fraction of sp³-hybridized carbons (Fsp3) is 0.500. The molecule has 0 fully saturated rings. The summed E-state index contributed by atoms with van der Waals surface area (Å²) in [4.78, 5) is 4.42. The summed E-state index contributed by atoms with van der Waals surface area (Å²) in [6.07, 6.45) is 1.82. The first-order valence-electron chi connectivity index (χ1n) is 5.73. The number of aryl methyl sites for hydroxylation is 2. The Morgan fingerprint density at radius 1 is 1.47 bits per heavy atom. The lowest BCUT2D eigenvalue weighted by atomic mass is 10.2. The summed E-state index contributed by atoms with van der Waals surface area (Å²) in [7, 11) is 1.96. The van der Waals surface area contributed by atoms with Crippen LogP contribution in [0.5, 0.6) is 0 Å². The van der Waals surface area contributed by atoms with Crippen LogP contribution in [0.2, 0.25) is 0 Å². The molecule has 92 valence electrons. The smallest absolute Gasteiger partial charge is 0.227 e. The molecule has 0 amide bonds. The van der Waals surface area contributed by atoms with Gasteiger partial charge in [0.25, 0.3) is 0 Å². The van der Waals surface area contributed by atoms with Gasteiger partial charge in [-0.25, -0.2) is 0 Å². The second-order valence-electron chi connectivity index (χ2n) is 4.21. The van der Waals surface area contributed by atoms with Crippen molar-refractivity contribution < 1.29 is 4.52 Å². The number of rotatable bonds is 5. The summed E-state index contributed by atoms with van der Waals surface area (Å²) < 4.78 is 5.25. The second-order valence-corrected chi connectivity index (χ2v) is 4.95. The standard InChI is InChI=1S/C12H17N3OS/c1-8-6-17-7-10(8)12-14-11(16-15-12)5-4-9(2)13-3/h6-7,9,13H,4-5H2,1-3H3. The predicted molar refractivity (Wildman–Crippen MR) is 69.2 cm³/mol. The van der Waals surface area contributed by atoms with E-state index >= 15 is 0 Å². The lowest BCUT2D eigenvalue weighted by Crippen LogP contribution is -2.21. The fourth-order valence-electron chi connectivity index (χ4n) is 1.54. The first-order valence-corrected chi connectivity index (χ1v) is 6.68. The SMILES string of the molecule is CNC(C)CCc1nc(-c2cscc2C)no1. The highest BCUT2D eigenvalue weighted by atomic mass is 32.1. The molecule has 0 saturated heterocycles. The Balaban J connectivity index is 2.04. The molecule has 0 aliphatic carbocycles. The van der Waals surface area contributed by atoms with E-state index in [2.05, 4.69) is 40.1 Å². The van der Waals surface area contributed by atoms with Crippen LogP contribution in [0.15, 0.2) is 15.3 Å². The Bertz CT molecular complexity index is 478. The zero-order chi connectivity index (χ0) is 12.3. The van der Waals surface area contributed by atoms with Gasteiger partial charge in [-0.05, 0) is 38.3 Å². The van der Waals surface area contributed by atoms with Crippen LogP contribution < -0.4 is 5.32 Å². The Labute approximate surface area is 105 Å². The summed E-state index contributed by atoms with van der Waals surface area (Å²) in [5, 5.41) is 11.4. The first kappa shape index (κ1) is 12.3. The Hall–Kier alpha value is -1.20. The number of aromatic nitrogens is 2. The predicted octanol–water partition coefficient (Wildman–Crippen LogP) is 2.65. The molecule has 2 heterocycles. The number of thiophene rings is 1. The van der Waals surface area contributed by atoms with Crippen LogP contribution in [-0.2, 0) is 6.42 Å². The van der Waals surface area contributed by atoms with Crippen molar-refractivity contribution in [3.63, 3.8) is 0 Å². The van der Waals surface area contributed by atoms with Crippen LogP contribution in [0.4, 0.5) is 0 Å². The second kappa shape index (κ2) is 5.42. The van der Waals surface area contributed by atoms with Crippen LogP contribution >= 0.6 is 11.3 Å². The Morgan fingerprint density at radius 2 is 2.29 bits per heavy atom. The minimum atomic E-state index is 0.466. The van der Waals surface area contributed by atoms with Crippen molar-refractivity contribution in [3.05, 3.63) is 22.2 Å². The van der Waals surface area contributed by atoms with Gasteiger partial charge in [0.15, 0.2) is 0 Å². The molecule has 0 bridgehead atoms. The van der Waals surface area contributed by atoms with E-state index in [1.165, 1.54) is 5.56 Å². The van der Waals surface area contributed by atoms with Crippen LogP contribution in [0, 0.1) is 6.92 Å². The van der Waals surface area contributed by atoms with Crippen molar-refractivity contribution in [2.45, 2.75) is 32.7 Å². The third-order valence-electron chi connectivity index (χ3n) is 2.85. The van der Waals surface area contributed by atoms with Crippen molar-refractivity contribution >= 4 is 11.3 Å². The van der Waals surface area contributed by atoms with E-state index < -0.39 is 0 Å². The minimum Gasteiger partial charge on any atom is -0.339 e. The van der Waals surface area contributed by atoms with Gasteiger partial charge in [-0.2, -0.15) is 16.3 Å². The fourth-order valence-corrected chi connectivity index (χ4v) is 2.37. The van der Waals surface area contributed by atoms with Crippen molar-refractivity contribution in [3.8, 4) is 11.4 Å². The summed E-state index contributed by atoms with van der Waals surface area (Å²) >= 11 is 1.66. The molecule has 0 saturated carbocycles. The van der Waals surface area contributed by atoms with E-state index in [1.54, 1.807) is 11.3 Å². The van der Waals surface area contributed by atoms with Gasteiger partial charge in [0, 0.05) is 23.4 Å². The molecule has 2 aromatic rings. The van der Waals surface area contributed by atoms with Crippen molar-refractivity contribution in [2.75, 3.05) is 7.05 Å². The van der Waals surface area contributed by atoms with E-state index in [9.17, 15) is 0 Å². The average molecular weight is 251 g/mol. The molecule has 1 unspecified atom stereocenters. The third kappa shape index (κ3) is 2.92. The van der Waals surface area contributed by atoms with E-state index in [1.807, 2.05) is 7.05 Å². The molecule has 0 aromatic carbocycles. The summed E-state index contributed by atoms with van der Waals surface area (Å²) in [5.74, 6) is 1.42. The molecule has 0 spiro atoms. The normalized spacial score (nSPS) is 12.9. The molecular formula is C12H17N3OS. The quantitative estimate of drug-likeness (QED) is 0.887. The third-order valence-corrected chi connectivity index (χ3v) is 3.71. The van der Waals surface area contributed by atoms with Gasteiger partial charge in [-0.15, -0.1) is 0 Å². The van der Waals surface area contributed by atoms with Gasteiger partial charge in [-0.1, -0.05) is 5.16 Å². The molecule has 17 heavy (non-hydrogen) atoms. The molecule has 2 rings (SSSR count). The van der Waals surface area contributed by atoms with Crippen molar-refractivity contribution in [1.82, 2.24) is 15.5 Å². The highest BCUT2D eigenvalue weighted by Crippen LogP contribution is 2.24. The largest absolute Gasteiger partial charge is 0.339 e. The molecule has 5 heteroatoms.